The summed E-state index contributed by atoms with van der Waals surface area (Å²) < 4.78 is 26.9. The fraction of sp³-hybridized carbons (Fsp3) is 0.188. The van der Waals surface area contributed by atoms with E-state index in [0.29, 0.717) is 11.3 Å². The van der Waals surface area contributed by atoms with E-state index in [9.17, 15) is 8.78 Å². The molecule has 1 N–H and O–H groups in total. The summed E-state index contributed by atoms with van der Waals surface area (Å²) >= 11 is 0. The van der Waals surface area contributed by atoms with Crippen LogP contribution in [0, 0.1) is 29.9 Å². The fourth-order valence-electron chi connectivity index (χ4n) is 1.95. The number of nitrogens with one attached hydrogen (secondary N) is 1. The van der Waals surface area contributed by atoms with Crippen molar-refractivity contribution in [3.05, 3.63) is 64.7 Å². The molecule has 0 heterocycles. The van der Waals surface area contributed by atoms with Gasteiger partial charge >= 0.3 is 0 Å². The largest absolute Gasteiger partial charge is 0.378 e. The SMILES string of the molecule is Cc1ccc(C(C)Nc2cc(F)cc(C#N)c2)cc1F. The van der Waals surface area contributed by atoms with Gasteiger partial charge in [-0.2, -0.15) is 5.26 Å². The highest BCUT2D eigenvalue weighted by atomic mass is 19.1. The van der Waals surface area contributed by atoms with Crippen molar-refractivity contribution in [2.45, 2.75) is 19.9 Å². The van der Waals surface area contributed by atoms with Gasteiger partial charge < -0.3 is 5.32 Å². The molecule has 0 aliphatic rings. The van der Waals surface area contributed by atoms with Gasteiger partial charge in [0.1, 0.15) is 11.6 Å². The molecule has 4 heteroatoms. The summed E-state index contributed by atoms with van der Waals surface area (Å²) in [5.41, 5.74) is 2.08. The highest BCUT2D eigenvalue weighted by Crippen LogP contribution is 2.22. The minimum atomic E-state index is -0.478. The summed E-state index contributed by atoms with van der Waals surface area (Å²) in [6, 6.07) is 10.7. The van der Waals surface area contributed by atoms with Crippen LogP contribution in [-0.4, -0.2) is 0 Å². The fourth-order valence-corrected chi connectivity index (χ4v) is 1.95. The number of nitrogens with zero attached hydrogens (tertiary/aromatic N) is 1. The predicted octanol–water partition coefficient (Wildman–Crippen LogP) is 4.32. The van der Waals surface area contributed by atoms with Gasteiger partial charge in [0.15, 0.2) is 0 Å². The zero-order chi connectivity index (χ0) is 14.7. The van der Waals surface area contributed by atoms with Crippen molar-refractivity contribution in [1.29, 1.82) is 5.26 Å². The number of rotatable bonds is 3. The summed E-state index contributed by atoms with van der Waals surface area (Å²) in [6.45, 7) is 3.55. The Hall–Kier alpha value is -2.41. The van der Waals surface area contributed by atoms with Gasteiger partial charge in [0, 0.05) is 11.7 Å². The molecule has 0 bridgehead atoms. The molecule has 102 valence electrons. The Labute approximate surface area is 116 Å². The minimum absolute atomic E-state index is 0.196. The summed E-state index contributed by atoms with van der Waals surface area (Å²) in [6.07, 6.45) is 0. The molecular weight excluding hydrogens is 258 g/mol. The number of hydrogen-bond donors (Lipinski definition) is 1. The van der Waals surface area contributed by atoms with Crippen molar-refractivity contribution in [3.8, 4) is 6.07 Å². The quantitative estimate of drug-likeness (QED) is 0.903. The third kappa shape index (κ3) is 3.12. The molecule has 0 aromatic heterocycles. The first-order valence-electron chi connectivity index (χ1n) is 6.23. The molecule has 0 fully saturated rings. The lowest BCUT2D eigenvalue weighted by atomic mass is 10.1. The molecule has 2 aromatic carbocycles. The van der Waals surface area contributed by atoms with E-state index in [2.05, 4.69) is 5.32 Å². The smallest absolute Gasteiger partial charge is 0.126 e. The number of nitriles is 1. The van der Waals surface area contributed by atoms with Crippen LogP contribution >= 0.6 is 0 Å². The highest BCUT2D eigenvalue weighted by molar-refractivity contribution is 5.51. The van der Waals surface area contributed by atoms with Gasteiger partial charge in [-0.05, 0) is 49.2 Å². The topological polar surface area (TPSA) is 35.8 Å². The average Bonchev–Trinajstić information content (AvgIpc) is 2.41. The molecule has 2 rings (SSSR count). The zero-order valence-electron chi connectivity index (χ0n) is 11.2. The van der Waals surface area contributed by atoms with Crippen molar-refractivity contribution in [2.24, 2.45) is 0 Å². The van der Waals surface area contributed by atoms with Gasteiger partial charge in [-0.1, -0.05) is 12.1 Å². The van der Waals surface area contributed by atoms with Crippen LogP contribution in [-0.2, 0) is 0 Å². The minimum Gasteiger partial charge on any atom is -0.378 e. The maximum atomic E-state index is 13.5. The predicted molar refractivity (Wildman–Crippen MR) is 74.3 cm³/mol. The molecule has 0 radical (unpaired) electrons. The zero-order valence-corrected chi connectivity index (χ0v) is 11.2. The first-order chi connectivity index (χ1) is 9.49. The molecule has 1 atom stereocenters. The Morgan fingerprint density at radius 1 is 1.15 bits per heavy atom. The standard InChI is InChI=1S/C16H14F2N2/c1-10-3-4-13(7-16(10)18)11(2)20-15-6-12(9-19)5-14(17)8-15/h3-8,11,20H,1-2H3. The van der Waals surface area contributed by atoms with Crippen LogP contribution in [0.2, 0.25) is 0 Å². The van der Waals surface area contributed by atoms with E-state index in [-0.39, 0.29) is 17.4 Å². The Morgan fingerprint density at radius 3 is 2.55 bits per heavy atom. The number of aryl methyl sites for hydroxylation is 1. The number of anilines is 1. The van der Waals surface area contributed by atoms with Gasteiger partial charge in [0.05, 0.1) is 11.6 Å². The summed E-state index contributed by atoms with van der Waals surface area (Å²) in [4.78, 5) is 0. The van der Waals surface area contributed by atoms with Crippen LogP contribution in [0.5, 0.6) is 0 Å². The van der Waals surface area contributed by atoms with Crippen LogP contribution in [0.4, 0.5) is 14.5 Å². The van der Waals surface area contributed by atoms with E-state index in [4.69, 9.17) is 5.26 Å². The Bertz CT molecular complexity index is 675. The van der Waals surface area contributed by atoms with Gasteiger partial charge in [-0.3, -0.25) is 0 Å². The lowest BCUT2D eigenvalue weighted by Crippen LogP contribution is -2.07. The van der Waals surface area contributed by atoms with Crippen molar-refractivity contribution in [2.75, 3.05) is 5.32 Å². The van der Waals surface area contributed by atoms with E-state index < -0.39 is 5.82 Å². The van der Waals surface area contributed by atoms with Crippen molar-refractivity contribution in [3.63, 3.8) is 0 Å². The molecule has 0 aliphatic heterocycles. The molecule has 0 spiro atoms. The maximum Gasteiger partial charge on any atom is 0.126 e. The van der Waals surface area contributed by atoms with Crippen LogP contribution in [0.15, 0.2) is 36.4 Å². The Balaban J connectivity index is 2.23. The van der Waals surface area contributed by atoms with Gasteiger partial charge in [-0.15, -0.1) is 0 Å². The molecule has 0 amide bonds. The second-order valence-corrected chi connectivity index (χ2v) is 4.72. The number of hydrogen-bond acceptors (Lipinski definition) is 2. The Kier molecular flexibility index (Phi) is 3.99. The molecule has 2 nitrogen and oxygen atoms in total. The monoisotopic (exact) mass is 272 g/mol. The van der Waals surface area contributed by atoms with Gasteiger partial charge in [0.2, 0.25) is 0 Å². The van der Waals surface area contributed by atoms with Crippen molar-refractivity contribution >= 4 is 5.69 Å². The summed E-state index contributed by atoms with van der Waals surface area (Å²) in [5.74, 6) is -0.748. The van der Waals surface area contributed by atoms with E-state index in [1.54, 1.807) is 19.1 Å². The highest BCUT2D eigenvalue weighted by Gasteiger charge is 2.09. The lowest BCUT2D eigenvalue weighted by Gasteiger charge is -2.16. The number of halogens is 2. The Morgan fingerprint density at radius 2 is 1.90 bits per heavy atom. The third-order valence-corrected chi connectivity index (χ3v) is 3.11. The maximum absolute atomic E-state index is 13.5. The average molecular weight is 272 g/mol. The molecule has 2 aromatic rings. The molecular formula is C16H14F2N2. The second-order valence-electron chi connectivity index (χ2n) is 4.72. The lowest BCUT2D eigenvalue weighted by molar-refractivity contribution is 0.614. The first kappa shape index (κ1) is 14.0. The van der Waals surface area contributed by atoms with E-state index in [0.717, 1.165) is 5.56 Å². The van der Waals surface area contributed by atoms with E-state index in [1.807, 2.05) is 19.1 Å². The summed E-state index contributed by atoms with van der Waals surface area (Å²) in [5, 5.41) is 11.9. The molecule has 0 saturated carbocycles. The van der Waals surface area contributed by atoms with Crippen molar-refractivity contribution < 1.29 is 8.78 Å². The van der Waals surface area contributed by atoms with E-state index >= 15 is 0 Å². The molecule has 0 aliphatic carbocycles. The van der Waals surface area contributed by atoms with Crippen LogP contribution in [0.3, 0.4) is 0 Å². The molecule has 1 unspecified atom stereocenters. The van der Waals surface area contributed by atoms with Crippen LogP contribution in [0.1, 0.15) is 29.7 Å². The van der Waals surface area contributed by atoms with Crippen LogP contribution in [0.25, 0.3) is 0 Å². The van der Waals surface area contributed by atoms with Crippen molar-refractivity contribution in [1.82, 2.24) is 0 Å². The van der Waals surface area contributed by atoms with Gasteiger partial charge in [0.25, 0.3) is 0 Å². The second kappa shape index (κ2) is 5.70. The molecule has 0 saturated heterocycles. The third-order valence-electron chi connectivity index (χ3n) is 3.11. The van der Waals surface area contributed by atoms with E-state index in [1.165, 1.54) is 18.2 Å². The van der Waals surface area contributed by atoms with Crippen LogP contribution < -0.4 is 5.32 Å². The number of benzene rings is 2. The summed E-state index contributed by atoms with van der Waals surface area (Å²) in [7, 11) is 0. The molecule has 20 heavy (non-hydrogen) atoms. The normalized spacial score (nSPS) is 11.8. The first-order valence-corrected chi connectivity index (χ1v) is 6.23. The van der Waals surface area contributed by atoms with Gasteiger partial charge in [-0.25, -0.2) is 8.78 Å².